The number of nitrogens with one attached hydrogen (secondary N) is 2. The van der Waals surface area contributed by atoms with Gasteiger partial charge in [0.25, 0.3) is 0 Å². The zero-order chi connectivity index (χ0) is 11.4. The van der Waals surface area contributed by atoms with E-state index in [1.165, 1.54) is 36.2 Å². The van der Waals surface area contributed by atoms with Gasteiger partial charge in [0.1, 0.15) is 0 Å². The zero-order valence-corrected chi connectivity index (χ0v) is 10.3. The SMILES string of the molecule is CCc1cccc(C)c1NC[C@@H]1CCCN1. The highest BCUT2D eigenvalue weighted by Gasteiger charge is 2.14. The summed E-state index contributed by atoms with van der Waals surface area (Å²) in [5, 5.41) is 7.13. The van der Waals surface area contributed by atoms with Crippen LogP contribution < -0.4 is 10.6 Å². The third kappa shape index (κ3) is 2.56. The number of aryl methyl sites for hydroxylation is 2. The highest BCUT2D eigenvalue weighted by molar-refractivity contribution is 5.57. The van der Waals surface area contributed by atoms with E-state index in [4.69, 9.17) is 0 Å². The number of para-hydroxylation sites is 1. The molecule has 1 aliphatic rings. The van der Waals surface area contributed by atoms with E-state index in [1.807, 2.05) is 0 Å². The van der Waals surface area contributed by atoms with Crippen molar-refractivity contribution < 1.29 is 0 Å². The summed E-state index contributed by atoms with van der Waals surface area (Å²) in [6, 6.07) is 7.21. The van der Waals surface area contributed by atoms with Crippen LogP contribution in [0.2, 0.25) is 0 Å². The highest BCUT2D eigenvalue weighted by atomic mass is 15.0. The average Bonchev–Trinajstić information content (AvgIpc) is 2.80. The fourth-order valence-corrected chi connectivity index (χ4v) is 2.43. The number of benzene rings is 1. The van der Waals surface area contributed by atoms with Crippen LogP contribution in [0.25, 0.3) is 0 Å². The van der Waals surface area contributed by atoms with E-state index >= 15 is 0 Å². The topological polar surface area (TPSA) is 24.1 Å². The lowest BCUT2D eigenvalue weighted by Gasteiger charge is -2.17. The summed E-state index contributed by atoms with van der Waals surface area (Å²) in [5.41, 5.74) is 4.13. The normalized spacial score (nSPS) is 20.0. The molecule has 0 spiro atoms. The van der Waals surface area contributed by atoms with Gasteiger partial charge in [0.05, 0.1) is 0 Å². The van der Waals surface area contributed by atoms with E-state index in [-0.39, 0.29) is 0 Å². The molecule has 88 valence electrons. The Morgan fingerprint density at radius 2 is 2.31 bits per heavy atom. The van der Waals surface area contributed by atoms with Crippen molar-refractivity contribution in [2.75, 3.05) is 18.4 Å². The molecule has 2 heteroatoms. The fraction of sp³-hybridized carbons (Fsp3) is 0.571. The molecule has 16 heavy (non-hydrogen) atoms. The van der Waals surface area contributed by atoms with Crippen LogP contribution in [0.4, 0.5) is 5.69 Å². The Morgan fingerprint density at radius 1 is 1.44 bits per heavy atom. The number of anilines is 1. The molecular weight excluding hydrogens is 196 g/mol. The van der Waals surface area contributed by atoms with Crippen LogP contribution in [-0.2, 0) is 6.42 Å². The number of rotatable bonds is 4. The maximum atomic E-state index is 3.61. The van der Waals surface area contributed by atoms with Crippen LogP contribution in [-0.4, -0.2) is 19.1 Å². The minimum atomic E-state index is 0.657. The number of hydrogen-bond donors (Lipinski definition) is 2. The predicted molar refractivity (Wildman–Crippen MR) is 70.1 cm³/mol. The fourth-order valence-electron chi connectivity index (χ4n) is 2.43. The molecule has 0 radical (unpaired) electrons. The zero-order valence-electron chi connectivity index (χ0n) is 10.3. The Morgan fingerprint density at radius 3 is 3.00 bits per heavy atom. The molecule has 1 fully saturated rings. The largest absolute Gasteiger partial charge is 0.383 e. The van der Waals surface area contributed by atoms with Crippen molar-refractivity contribution in [2.24, 2.45) is 0 Å². The van der Waals surface area contributed by atoms with Crippen LogP contribution >= 0.6 is 0 Å². The first-order valence-corrected chi connectivity index (χ1v) is 6.37. The first-order chi connectivity index (χ1) is 7.81. The molecule has 1 aromatic carbocycles. The summed E-state index contributed by atoms with van der Waals surface area (Å²) < 4.78 is 0. The molecule has 0 aromatic heterocycles. The lowest BCUT2D eigenvalue weighted by molar-refractivity contribution is 0.633. The molecule has 0 aliphatic carbocycles. The Kier molecular flexibility index (Phi) is 3.83. The third-order valence-electron chi connectivity index (χ3n) is 3.43. The minimum absolute atomic E-state index is 0.657. The first kappa shape index (κ1) is 11.5. The summed E-state index contributed by atoms with van der Waals surface area (Å²) in [6.45, 7) is 6.63. The van der Waals surface area contributed by atoms with E-state index < -0.39 is 0 Å². The lowest BCUT2D eigenvalue weighted by atomic mass is 10.1. The molecule has 1 heterocycles. The van der Waals surface area contributed by atoms with Gasteiger partial charge in [0.15, 0.2) is 0 Å². The Hall–Kier alpha value is -1.02. The second-order valence-electron chi connectivity index (χ2n) is 4.64. The van der Waals surface area contributed by atoms with Gasteiger partial charge in [-0.15, -0.1) is 0 Å². The van der Waals surface area contributed by atoms with Gasteiger partial charge in [-0.05, 0) is 43.9 Å². The molecular formula is C14H22N2. The molecule has 0 unspecified atom stereocenters. The molecule has 1 atom stereocenters. The Balaban J connectivity index is 2.01. The third-order valence-corrected chi connectivity index (χ3v) is 3.43. The average molecular weight is 218 g/mol. The molecule has 2 nitrogen and oxygen atoms in total. The predicted octanol–water partition coefficient (Wildman–Crippen LogP) is 2.72. The van der Waals surface area contributed by atoms with Gasteiger partial charge in [0.2, 0.25) is 0 Å². The summed E-state index contributed by atoms with van der Waals surface area (Å²) in [4.78, 5) is 0. The summed E-state index contributed by atoms with van der Waals surface area (Å²) in [6.07, 6.45) is 3.73. The van der Waals surface area contributed by atoms with Crippen LogP contribution in [0.1, 0.15) is 30.9 Å². The monoisotopic (exact) mass is 218 g/mol. The van der Waals surface area contributed by atoms with Gasteiger partial charge < -0.3 is 10.6 Å². The van der Waals surface area contributed by atoms with Crippen molar-refractivity contribution in [1.82, 2.24) is 5.32 Å². The van der Waals surface area contributed by atoms with E-state index in [2.05, 4.69) is 42.7 Å². The maximum Gasteiger partial charge on any atom is 0.0402 e. The summed E-state index contributed by atoms with van der Waals surface area (Å²) >= 11 is 0. The van der Waals surface area contributed by atoms with Gasteiger partial charge in [-0.2, -0.15) is 0 Å². The van der Waals surface area contributed by atoms with Crippen molar-refractivity contribution in [3.05, 3.63) is 29.3 Å². The first-order valence-electron chi connectivity index (χ1n) is 6.37. The van der Waals surface area contributed by atoms with E-state index in [9.17, 15) is 0 Å². The smallest absolute Gasteiger partial charge is 0.0402 e. The second-order valence-corrected chi connectivity index (χ2v) is 4.64. The second kappa shape index (κ2) is 5.35. The van der Waals surface area contributed by atoms with Crippen LogP contribution in [0, 0.1) is 6.92 Å². The van der Waals surface area contributed by atoms with Gasteiger partial charge in [-0.25, -0.2) is 0 Å². The van der Waals surface area contributed by atoms with E-state index in [1.54, 1.807) is 0 Å². The van der Waals surface area contributed by atoms with Crippen molar-refractivity contribution in [1.29, 1.82) is 0 Å². The van der Waals surface area contributed by atoms with E-state index in [0.29, 0.717) is 6.04 Å². The molecule has 1 aromatic rings. The van der Waals surface area contributed by atoms with Gasteiger partial charge in [0, 0.05) is 18.3 Å². The van der Waals surface area contributed by atoms with Crippen LogP contribution in [0.3, 0.4) is 0 Å². The highest BCUT2D eigenvalue weighted by Crippen LogP contribution is 2.21. The Labute approximate surface area is 98.4 Å². The molecule has 1 saturated heterocycles. The van der Waals surface area contributed by atoms with Crippen molar-refractivity contribution >= 4 is 5.69 Å². The molecule has 2 N–H and O–H groups in total. The van der Waals surface area contributed by atoms with Gasteiger partial charge in [-0.3, -0.25) is 0 Å². The molecule has 1 aliphatic heterocycles. The molecule has 0 saturated carbocycles. The van der Waals surface area contributed by atoms with Crippen LogP contribution in [0.15, 0.2) is 18.2 Å². The minimum Gasteiger partial charge on any atom is -0.383 e. The standard InChI is InChI=1S/C14H22N2/c1-3-12-7-4-6-11(2)14(12)16-10-13-8-5-9-15-13/h4,6-7,13,15-16H,3,5,8-10H2,1-2H3/t13-/m0/s1. The summed E-state index contributed by atoms with van der Waals surface area (Å²) in [5.74, 6) is 0. The Bertz CT molecular complexity index is 341. The van der Waals surface area contributed by atoms with Crippen molar-refractivity contribution in [3.8, 4) is 0 Å². The molecule has 2 rings (SSSR count). The van der Waals surface area contributed by atoms with Crippen molar-refractivity contribution in [3.63, 3.8) is 0 Å². The quantitative estimate of drug-likeness (QED) is 0.812. The number of hydrogen-bond acceptors (Lipinski definition) is 2. The maximum absolute atomic E-state index is 3.61. The molecule has 0 amide bonds. The van der Waals surface area contributed by atoms with Crippen LogP contribution in [0.5, 0.6) is 0 Å². The summed E-state index contributed by atoms with van der Waals surface area (Å²) in [7, 11) is 0. The molecule has 0 bridgehead atoms. The van der Waals surface area contributed by atoms with E-state index in [0.717, 1.165) is 13.0 Å². The van der Waals surface area contributed by atoms with Gasteiger partial charge >= 0.3 is 0 Å². The van der Waals surface area contributed by atoms with Gasteiger partial charge in [-0.1, -0.05) is 25.1 Å². The lowest BCUT2D eigenvalue weighted by Crippen LogP contribution is -2.29. The van der Waals surface area contributed by atoms with Crippen molar-refractivity contribution in [2.45, 2.75) is 39.2 Å².